The van der Waals surface area contributed by atoms with E-state index in [9.17, 15) is 4.79 Å². The van der Waals surface area contributed by atoms with Crippen molar-refractivity contribution in [2.75, 3.05) is 17.4 Å². The maximum Gasteiger partial charge on any atom is 0.320 e. The van der Waals surface area contributed by atoms with Gasteiger partial charge in [0.2, 0.25) is 0 Å². The summed E-state index contributed by atoms with van der Waals surface area (Å²) in [5, 5.41) is 8.38. The standard InChI is InChI=1S/C6H12ClNO2S/c7-2-4-11-3-1-5(8)6(9)10/h5H,1-4,8H2,(H,9,10)/t5-/m1/s1. The number of rotatable bonds is 6. The molecule has 0 aliphatic heterocycles. The monoisotopic (exact) mass is 197 g/mol. The minimum atomic E-state index is -0.934. The number of aliphatic carboxylic acids is 1. The van der Waals surface area contributed by atoms with Gasteiger partial charge in [0.15, 0.2) is 0 Å². The predicted molar refractivity (Wildman–Crippen MR) is 48.3 cm³/mol. The molecular formula is C6H12ClNO2S. The Balaban J connectivity index is 3.17. The highest BCUT2D eigenvalue weighted by molar-refractivity contribution is 7.99. The van der Waals surface area contributed by atoms with Gasteiger partial charge >= 0.3 is 5.97 Å². The summed E-state index contributed by atoms with van der Waals surface area (Å²) < 4.78 is 0. The second kappa shape index (κ2) is 6.76. The third-order valence-corrected chi connectivity index (χ3v) is 2.54. The first kappa shape index (κ1) is 11.1. The molecule has 0 unspecified atom stereocenters. The van der Waals surface area contributed by atoms with Crippen molar-refractivity contribution in [3.63, 3.8) is 0 Å². The Morgan fingerprint density at radius 2 is 2.27 bits per heavy atom. The molecule has 0 radical (unpaired) electrons. The average Bonchev–Trinajstić information content (AvgIpc) is 1.97. The van der Waals surface area contributed by atoms with E-state index in [1.54, 1.807) is 11.8 Å². The molecule has 0 saturated heterocycles. The van der Waals surface area contributed by atoms with Gasteiger partial charge in [0, 0.05) is 11.6 Å². The van der Waals surface area contributed by atoms with E-state index in [1.165, 1.54) is 0 Å². The Morgan fingerprint density at radius 3 is 2.73 bits per heavy atom. The van der Waals surface area contributed by atoms with E-state index in [0.29, 0.717) is 12.3 Å². The fourth-order valence-electron chi connectivity index (χ4n) is 0.490. The first-order valence-corrected chi connectivity index (χ1v) is 4.99. The fraction of sp³-hybridized carbons (Fsp3) is 0.833. The zero-order chi connectivity index (χ0) is 8.69. The molecule has 0 spiro atoms. The Kier molecular flexibility index (Phi) is 6.80. The maximum absolute atomic E-state index is 10.2. The summed E-state index contributed by atoms with van der Waals surface area (Å²) in [6.07, 6.45) is 0.511. The molecule has 0 bridgehead atoms. The molecule has 0 aromatic heterocycles. The summed E-state index contributed by atoms with van der Waals surface area (Å²) in [5.41, 5.74) is 5.25. The van der Waals surface area contributed by atoms with Crippen molar-refractivity contribution in [3.05, 3.63) is 0 Å². The molecule has 0 amide bonds. The molecule has 11 heavy (non-hydrogen) atoms. The number of alkyl halides is 1. The van der Waals surface area contributed by atoms with Crippen LogP contribution in [0.2, 0.25) is 0 Å². The van der Waals surface area contributed by atoms with E-state index in [4.69, 9.17) is 22.4 Å². The topological polar surface area (TPSA) is 63.3 Å². The second-order valence-corrected chi connectivity index (χ2v) is 3.64. The Hall–Kier alpha value is 0.0700. The molecule has 0 aromatic carbocycles. The van der Waals surface area contributed by atoms with Crippen LogP contribution in [-0.4, -0.2) is 34.5 Å². The number of hydrogen-bond acceptors (Lipinski definition) is 3. The molecule has 3 nitrogen and oxygen atoms in total. The van der Waals surface area contributed by atoms with E-state index in [-0.39, 0.29) is 0 Å². The van der Waals surface area contributed by atoms with Gasteiger partial charge in [-0.05, 0) is 12.2 Å². The number of halogens is 1. The third-order valence-electron chi connectivity index (χ3n) is 1.11. The van der Waals surface area contributed by atoms with Crippen LogP contribution in [0.3, 0.4) is 0 Å². The van der Waals surface area contributed by atoms with Crippen LogP contribution in [0.15, 0.2) is 0 Å². The molecule has 66 valence electrons. The Bertz CT molecular complexity index is 123. The summed E-state index contributed by atoms with van der Waals surface area (Å²) >= 11 is 7.03. The van der Waals surface area contributed by atoms with Gasteiger partial charge in [-0.1, -0.05) is 0 Å². The first-order chi connectivity index (χ1) is 5.18. The van der Waals surface area contributed by atoms with Crippen molar-refractivity contribution >= 4 is 29.3 Å². The lowest BCUT2D eigenvalue weighted by Crippen LogP contribution is -2.30. The number of hydrogen-bond donors (Lipinski definition) is 2. The molecular weight excluding hydrogens is 186 g/mol. The molecule has 5 heteroatoms. The summed E-state index contributed by atoms with van der Waals surface area (Å²) in [6.45, 7) is 0. The van der Waals surface area contributed by atoms with Crippen molar-refractivity contribution < 1.29 is 9.90 Å². The van der Waals surface area contributed by atoms with Crippen LogP contribution in [0.25, 0.3) is 0 Å². The van der Waals surface area contributed by atoms with Crippen molar-refractivity contribution in [3.8, 4) is 0 Å². The smallest absolute Gasteiger partial charge is 0.320 e. The van der Waals surface area contributed by atoms with E-state index in [1.807, 2.05) is 0 Å². The highest BCUT2D eigenvalue weighted by Crippen LogP contribution is 2.04. The van der Waals surface area contributed by atoms with Crippen LogP contribution in [0.4, 0.5) is 0 Å². The minimum Gasteiger partial charge on any atom is -0.480 e. The molecule has 0 rings (SSSR count). The molecule has 0 saturated carbocycles. The molecule has 0 aliphatic carbocycles. The predicted octanol–water partition coefficient (Wildman–Crippen LogP) is 0.760. The van der Waals surface area contributed by atoms with Crippen LogP contribution >= 0.6 is 23.4 Å². The van der Waals surface area contributed by atoms with E-state index in [0.717, 1.165) is 11.5 Å². The number of carboxylic acid groups (broad SMARTS) is 1. The summed E-state index contributed by atoms with van der Waals surface area (Å²) in [5.74, 6) is 1.29. The number of carbonyl (C=O) groups is 1. The molecule has 3 N–H and O–H groups in total. The van der Waals surface area contributed by atoms with Gasteiger partial charge in [0.25, 0.3) is 0 Å². The van der Waals surface area contributed by atoms with Gasteiger partial charge in [-0.15, -0.1) is 11.6 Å². The van der Waals surface area contributed by atoms with Crippen molar-refractivity contribution in [2.45, 2.75) is 12.5 Å². The molecule has 1 atom stereocenters. The van der Waals surface area contributed by atoms with Crippen LogP contribution < -0.4 is 5.73 Å². The van der Waals surface area contributed by atoms with Crippen LogP contribution in [0.5, 0.6) is 0 Å². The van der Waals surface area contributed by atoms with Gasteiger partial charge in [-0.25, -0.2) is 0 Å². The van der Waals surface area contributed by atoms with Gasteiger partial charge in [-0.3, -0.25) is 4.79 Å². The lowest BCUT2D eigenvalue weighted by molar-refractivity contribution is -0.138. The maximum atomic E-state index is 10.2. The Morgan fingerprint density at radius 1 is 1.64 bits per heavy atom. The number of thioether (sulfide) groups is 1. The van der Waals surface area contributed by atoms with Crippen LogP contribution in [-0.2, 0) is 4.79 Å². The highest BCUT2D eigenvalue weighted by Gasteiger charge is 2.09. The fourth-order valence-corrected chi connectivity index (χ4v) is 1.55. The molecule has 0 aromatic rings. The molecule has 0 fully saturated rings. The van der Waals surface area contributed by atoms with E-state index < -0.39 is 12.0 Å². The minimum absolute atomic E-state index is 0.511. The van der Waals surface area contributed by atoms with Crippen molar-refractivity contribution in [1.29, 1.82) is 0 Å². The largest absolute Gasteiger partial charge is 0.480 e. The average molecular weight is 198 g/mol. The van der Waals surface area contributed by atoms with E-state index >= 15 is 0 Å². The zero-order valence-electron chi connectivity index (χ0n) is 6.12. The summed E-state index contributed by atoms with van der Waals surface area (Å²) in [7, 11) is 0. The van der Waals surface area contributed by atoms with Gasteiger partial charge in [0.05, 0.1) is 0 Å². The van der Waals surface area contributed by atoms with Gasteiger partial charge in [0.1, 0.15) is 6.04 Å². The number of carboxylic acids is 1. The van der Waals surface area contributed by atoms with Crippen LogP contribution in [0.1, 0.15) is 6.42 Å². The first-order valence-electron chi connectivity index (χ1n) is 3.30. The van der Waals surface area contributed by atoms with Crippen molar-refractivity contribution in [2.24, 2.45) is 5.73 Å². The lowest BCUT2D eigenvalue weighted by atomic mass is 10.2. The SMILES string of the molecule is N[C@H](CCSCCCl)C(=O)O. The van der Waals surface area contributed by atoms with E-state index in [2.05, 4.69) is 0 Å². The Labute approximate surface area is 75.3 Å². The zero-order valence-corrected chi connectivity index (χ0v) is 7.70. The quantitative estimate of drug-likeness (QED) is 0.488. The van der Waals surface area contributed by atoms with Gasteiger partial charge < -0.3 is 10.8 Å². The highest BCUT2D eigenvalue weighted by atomic mass is 35.5. The summed E-state index contributed by atoms with van der Waals surface area (Å²) in [6, 6.07) is -0.724. The van der Waals surface area contributed by atoms with Crippen LogP contribution in [0, 0.1) is 0 Å². The van der Waals surface area contributed by atoms with Gasteiger partial charge in [-0.2, -0.15) is 11.8 Å². The summed E-state index contributed by atoms with van der Waals surface area (Å²) in [4.78, 5) is 10.2. The normalized spacial score (nSPS) is 12.9. The lowest BCUT2D eigenvalue weighted by Gasteiger charge is -2.04. The second-order valence-electron chi connectivity index (χ2n) is 2.03. The number of nitrogens with two attached hydrogens (primary N) is 1. The molecule has 0 heterocycles. The molecule has 0 aliphatic rings. The van der Waals surface area contributed by atoms with Crippen molar-refractivity contribution in [1.82, 2.24) is 0 Å². The third kappa shape index (κ3) is 6.47.